The van der Waals surface area contributed by atoms with E-state index in [0.29, 0.717) is 4.90 Å². The normalized spacial score (nSPS) is 18.9. The summed E-state index contributed by atoms with van der Waals surface area (Å²) in [5.74, 6) is 0.271. The average Bonchev–Trinajstić information content (AvgIpc) is 3.09. The summed E-state index contributed by atoms with van der Waals surface area (Å²) in [6.07, 6.45) is 7.92. The molecule has 0 unspecified atom stereocenters. The van der Waals surface area contributed by atoms with E-state index in [4.69, 9.17) is 0 Å². The molecule has 5 nitrogen and oxygen atoms in total. The summed E-state index contributed by atoms with van der Waals surface area (Å²) in [6, 6.07) is 9.52. The number of sulfonamides is 1. The molecule has 24 heavy (non-hydrogen) atoms. The van der Waals surface area contributed by atoms with Crippen molar-refractivity contribution in [2.24, 2.45) is 7.05 Å². The van der Waals surface area contributed by atoms with Crippen LogP contribution < -0.4 is 4.31 Å². The minimum absolute atomic E-state index is 0.0778. The maximum absolute atomic E-state index is 13.5. The summed E-state index contributed by atoms with van der Waals surface area (Å²) >= 11 is 0. The van der Waals surface area contributed by atoms with Crippen molar-refractivity contribution in [2.75, 3.05) is 4.31 Å². The molecule has 4 rings (SSSR count). The first-order valence-electron chi connectivity index (χ1n) is 8.70. The zero-order valence-electron chi connectivity index (χ0n) is 13.9. The van der Waals surface area contributed by atoms with Gasteiger partial charge in [0.15, 0.2) is 0 Å². The van der Waals surface area contributed by atoms with Crippen LogP contribution in [0.25, 0.3) is 0 Å². The average molecular weight is 345 g/mol. The number of aromatic nitrogens is 2. The van der Waals surface area contributed by atoms with Gasteiger partial charge in [0.1, 0.15) is 4.90 Å². The van der Waals surface area contributed by atoms with Crippen LogP contribution in [-0.4, -0.2) is 24.2 Å². The highest BCUT2D eigenvalue weighted by molar-refractivity contribution is 7.93. The largest absolute Gasteiger partial charge is 0.274 e. The molecule has 0 spiro atoms. The predicted octanol–water partition coefficient (Wildman–Crippen LogP) is 3.44. The van der Waals surface area contributed by atoms with E-state index in [1.54, 1.807) is 22.2 Å². The fourth-order valence-electron chi connectivity index (χ4n) is 3.70. The van der Waals surface area contributed by atoms with Gasteiger partial charge in [0.05, 0.1) is 11.4 Å². The molecule has 0 bridgehead atoms. The third-order valence-electron chi connectivity index (χ3n) is 4.99. The van der Waals surface area contributed by atoms with Crippen LogP contribution in [0.4, 0.5) is 5.69 Å². The van der Waals surface area contributed by atoms with Crippen molar-refractivity contribution in [3.63, 3.8) is 0 Å². The van der Waals surface area contributed by atoms with E-state index in [1.165, 1.54) is 0 Å². The van der Waals surface area contributed by atoms with E-state index in [1.807, 2.05) is 30.3 Å². The number of rotatable bonds is 5. The number of benzene rings is 1. The zero-order valence-corrected chi connectivity index (χ0v) is 14.7. The second-order valence-electron chi connectivity index (χ2n) is 6.90. The van der Waals surface area contributed by atoms with Crippen molar-refractivity contribution in [1.82, 2.24) is 9.78 Å². The summed E-state index contributed by atoms with van der Waals surface area (Å²) in [7, 11) is -1.78. The van der Waals surface area contributed by atoms with Crippen LogP contribution in [0.1, 0.15) is 50.1 Å². The second-order valence-corrected chi connectivity index (χ2v) is 8.68. The number of para-hydroxylation sites is 1. The van der Waals surface area contributed by atoms with Crippen molar-refractivity contribution >= 4 is 15.7 Å². The lowest BCUT2D eigenvalue weighted by Gasteiger charge is -2.24. The van der Waals surface area contributed by atoms with Crippen LogP contribution in [0.3, 0.4) is 0 Å². The van der Waals surface area contributed by atoms with Crippen molar-refractivity contribution in [1.29, 1.82) is 0 Å². The smallest absolute Gasteiger partial charge is 0.267 e. The van der Waals surface area contributed by atoms with Gasteiger partial charge in [-0.1, -0.05) is 31.0 Å². The van der Waals surface area contributed by atoms with Gasteiger partial charge in [0.25, 0.3) is 10.0 Å². The molecule has 1 heterocycles. The quantitative estimate of drug-likeness (QED) is 0.834. The number of hydrogen-bond donors (Lipinski definition) is 0. The molecule has 2 saturated carbocycles. The molecule has 0 atom stereocenters. The molecule has 128 valence electrons. The van der Waals surface area contributed by atoms with E-state index in [2.05, 4.69) is 5.10 Å². The first kappa shape index (κ1) is 15.7. The highest BCUT2D eigenvalue weighted by Gasteiger charge is 2.41. The van der Waals surface area contributed by atoms with E-state index in [9.17, 15) is 8.42 Å². The Morgan fingerprint density at radius 2 is 1.75 bits per heavy atom. The highest BCUT2D eigenvalue weighted by Crippen LogP contribution is 2.41. The molecule has 0 amide bonds. The van der Waals surface area contributed by atoms with E-state index >= 15 is 0 Å². The van der Waals surface area contributed by atoms with Gasteiger partial charge in [-0.3, -0.25) is 8.99 Å². The molecule has 0 aliphatic heterocycles. The highest BCUT2D eigenvalue weighted by atomic mass is 32.2. The topological polar surface area (TPSA) is 55.2 Å². The van der Waals surface area contributed by atoms with Gasteiger partial charge in [-0.25, -0.2) is 8.42 Å². The van der Waals surface area contributed by atoms with Crippen LogP contribution in [-0.2, 0) is 17.1 Å². The van der Waals surface area contributed by atoms with E-state index < -0.39 is 10.0 Å². The molecule has 2 aliphatic rings. The Bertz CT molecular complexity index is 819. The zero-order chi connectivity index (χ0) is 16.7. The summed E-state index contributed by atoms with van der Waals surface area (Å²) in [4.78, 5) is 0.396. The van der Waals surface area contributed by atoms with Crippen molar-refractivity contribution in [3.05, 3.63) is 42.2 Å². The molecule has 0 radical (unpaired) electrons. The maximum atomic E-state index is 13.5. The summed E-state index contributed by atoms with van der Waals surface area (Å²) in [5, 5.41) is 4.53. The third kappa shape index (κ3) is 2.73. The fraction of sp³-hybridized carbons (Fsp3) is 0.500. The summed E-state index contributed by atoms with van der Waals surface area (Å²) < 4.78 is 30.2. The molecular formula is C18H23N3O2S. The molecule has 6 heteroatoms. The van der Waals surface area contributed by atoms with Gasteiger partial charge < -0.3 is 0 Å². The third-order valence-corrected chi connectivity index (χ3v) is 6.89. The predicted molar refractivity (Wildman–Crippen MR) is 93.5 cm³/mol. The van der Waals surface area contributed by atoms with Crippen molar-refractivity contribution in [2.45, 2.75) is 55.4 Å². The number of anilines is 1. The van der Waals surface area contributed by atoms with Crippen LogP contribution in [0, 0.1) is 0 Å². The van der Waals surface area contributed by atoms with Crippen molar-refractivity contribution in [3.8, 4) is 0 Å². The van der Waals surface area contributed by atoms with Crippen LogP contribution in [0.15, 0.2) is 41.4 Å². The fourth-order valence-corrected chi connectivity index (χ4v) is 5.67. The van der Waals surface area contributed by atoms with Crippen molar-refractivity contribution < 1.29 is 8.42 Å². The lowest BCUT2D eigenvalue weighted by Crippen LogP contribution is -2.33. The SMILES string of the molecule is Cn1cc(S(=O)(=O)N(c2ccccc2)C2CC2)c(C2CCCC2)n1. The Labute approximate surface area is 143 Å². The Morgan fingerprint density at radius 3 is 2.38 bits per heavy atom. The molecule has 2 aliphatic carbocycles. The molecule has 1 aromatic heterocycles. The minimum atomic E-state index is -3.59. The van der Waals surface area contributed by atoms with Gasteiger partial charge >= 0.3 is 0 Å². The Kier molecular flexibility index (Phi) is 3.87. The summed E-state index contributed by atoms with van der Waals surface area (Å²) in [6.45, 7) is 0. The van der Waals surface area contributed by atoms with Gasteiger partial charge in [-0.05, 0) is 37.8 Å². The van der Waals surface area contributed by atoms with Gasteiger partial charge in [0.2, 0.25) is 0 Å². The molecular weight excluding hydrogens is 322 g/mol. The van der Waals surface area contributed by atoms with E-state index in [0.717, 1.165) is 49.9 Å². The number of nitrogens with zero attached hydrogens (tertiary/aromatic N) is 3. The van der Waals surface area contributed by atoms with Crippen LogP contribution >= 0.6 is 0 Å². The number of aryl methyl sites for hydroxylation is 1. The first-order valence-corrected chi connectivity index (χ1v) is 10.1. The molecule has 1 aromatic carbocycles. The minimum Gasteiger partial charge on any atom is -0.274 e. The Hall–Kier alpha value is -1.82. The van der Waals surface area contributed by atoms with Crippen LogP contribution in [0.5, 0.6) is 0 Å². The lowest BCUT2D eigenvalue weighted by molar-refractivity contribution is 0.585. The Balaban J connectivity index is 1.79. The molecule has 2 fully saturated rings. The maximum Gasteiger partial charge on any atom is 0.267 e. The molecule has 2 aromatic rings. The second kappa shape index (κ2) is 5.92. The van der Waals surface area contributed by atoms with Gasteiger partial charge in [-0.15, -0.1) is 0 Å². The van der Waals surface area contributed by atoms with Crippen LogP contribution in [0.2, 0.25) is 0 Å². The van der Waals surface area contributed by atoms with E-state index in [-0.39, 0.29) is 12.0 Å². The summed E-state index contributed by atoms with van der Waals surface area (Å²) in [5.41, 5.74) is 1.51. The van der Waals surface area contributed by atoms with Gasteiger partial charge in [0, 0.05) is 25.2 Å². The monoisotopic (exact) mass is 345 g/mol. The standard InChI is InChI=1S/C18H23N3O2S/c1-20-13-17(18(19-20)14-7-5-6-8-14)24(22,23)21(16-11-12-16)15-9-3-2-4-10-15/h2-4,9-10,13-14,16H,5-8,11-12H2,1H3. The number of hydrogen-bond acceptors (Lipinski definition) is 3. The Morgan fingerprint density at radius 1 is 1.08 bits per heavy atom. The lowest BCUT2D eigenvalue weighted by atomic mass is 10.1. The molecule has 0 saturated heterocycles. The molecule has 0 N–H and O–H groups in total. The first-order chi connectivity index (χ1) is 11.6. The van der Waals surface area contributed by atoms with Gasteiger partial charge in [-0.2, -0.15) is 5.10 Å².